The van der Waals surface area contributed by atoms with Gasteiger partial charge in [-0.25, -0.2) is 0 Å². The van der Waals surface area contributed by atoms with E-state index in [9.17, 15) is 9.59 Å². The summed E-state index contributed by atoms with van der Waals surface area (Å²) in [5.74, 6) is 1.05. The fourth-order valence-corrected chi connectivity index (χ4v) is 3.67. The second-order valence-electron chi connectivity index (χ2n) is 7.55. The van der Waals surface area contributed by atoms with Crippen molar-refractivity contribution in [2.75, 3.05) is 13.2 Å². The molecule has 2 aliphatic carbocycles. The molecule has 0 aromatic heterocycles. The first-order valence-corrected chi connectivity index (χ1v) is 10.0. The summed E-state index contributed by atoms with van der Waals surface area (Å²) in [5, 5.41) is 2.88. The van der Waals surface area contributed by atoms with Crippen molar-refractivity contribution in [1.29, 1.82) is 0 Å². The number of carbonyl (C=O) groups excluding carboxylic acids is 2. The summed E-state index contributed by atoms with van der Waals surface area (Å²) in [7, 11) is 0. The van der Waals surface area contributed by atoms with Gasteiger partial charge in [-0.3, -0.25) is 9.79 Å². The molecular weight excluding hydrogens is 354 g/mol. The van der Waals surface area contributed by atoms with Gasteiger partial charge in [-0.05, 0) is 61.3 Å². The SMILES string of the molecule is NC=CC(=NCCOCc1ccccc1)C(=O)NC(C=O)C(C1CC1)C1CC1. The van der Waals surface area contributed by atoms with Gasteiger partial charge in [0.2, 0.25) is 0 Å². The van der Waals surface area contributed by atoms with Gasteiger partial charge in [0.15, 0.2) is 0 Å². The molecular formula is C22H29N3O3. The molecule has 150 valence electrons. The first-order chi connectivity index (χ1) is 13.7. The molecule has 3 N–H and O–H groups in total. The lowest BCUT2D eigenvalue weighted by molar-refractivity contribution is -0.120. The third kappa shape index (κ3) is 6.02. The Hall–Kier alpha value is -2.47. The zero-order chi connectivity index (χ0) is 19.8. The summed E-state index contributed by atoms with van der Waals surface area (Å²) in [6.45, 7) is 1.25. The van der Waals surface area contributed by atoms with Crippen molar-refractivity contribution in [2.24, 2.45) is 28.5 Å². The lowest BCUT2D eigenvalue weighted by Crippen LogP contribution is -2.45. The van der Waals surface area contributed by atoms with E-state index in [-0.39, 0.29) is 17.5 Å². The number of aliphatic imine (C=N–C) groups is 1. The van der Waals surface area contributed by atoms with Gasteiger partial charge >= 0.3 is 0 Å². The van der Waals surface area contributed by atoms with Gasteiger partial charge in [-0.1, -0.05) is 30.3 Å². The van der Waals surface area contributed by atoms with E-state index in [4.69, 9.17) is 10.5 Å². The number of nitrogens with one attached hydrogen (secondary N) is 1. The number of amides is 1. The predicted molar refractivity (Wildman–Crippen MR) is 109 cm³/mol. The van der Waals surface area contributed by atoms with Crippen LogP contribution in [-0.4, -0.2) is 37.1 Å². The highest BCUT2D eigenvalue weighted by Gasteiger charge is 2.46. The fraction of sp³-hybridized carbons (Fsp3) is 0.500. The van der Waals surface area contributed by atoms with Gasteiger partial charge in [0.25, 0.3) is 5.91 Å². The second-order valence-corrected chi connectivity index (χ2v) is 7.55. The molecule has 2 aliphatic rings. The third-order valence-corrected chi connectivity index (χ3v) is 5.31. The van der Waals surface area contributed by atoms with Crippen LogP contribution in [-0.2, 0) is 20.9 Å². The van der Waals surface area contributed by atoms with Crippen LogP contribution in [0, 0.1) is 17.8 Å². The predicted octanol–water partition coefficient (Wildman–Crippen LogP) is 2.24. The summed E-state index contributed by atoms with van der Waals surface area (Å²) in [6, 6.07) is 9.43. The fourth-order valence-electron chi connectivity index (χ4n) is 3.67. The molecule has 6 nitrogen and oxygen atoms in total. The number of carbonyl (C=O) groups is 2. The molecule has 1 aromatic rings. The van der Waals surface area contributed by atoms with E-state index in [0.717, 1.165) is 37.5 Å². The maximum absolute atomic E-state index is 12.6. The number of nitrogens with two attached hydrogens (primary N) is 1. The van der Waals surface area contributed by atoms with E-state index in [1.54, 1.807) is 0 Å². The summed E-state index contributed by atoms with van der Waals surface area (Å²) in [6.07, 6.45) is 8.27. The Labute approximate surface area is 166 Å². The van der Waals surface area contributed by atoms with E-state index < -0.39 is 6.04 Å². The van der Waals surface area contributed by atoms with Gasteiger partial charge in [-0.15, -0.1) is 0 Å². The highest BCUT2D eigenvalue weighted by atomic mass is 16.5. The first-order valence-electron chi connectivity index (χ1n) is 10.0. The van der Waals surface area contributed by atoms with Gasteiger partial charge < -0.3 is 20.6 Å². The van der Waals surface area contributed by atoms with Crippen LogP contribution in [0.1, 0.15) is 31.2 Å². The standard InChI is InChI=1S/C22H29N3O3/c23-11-10-19(24-12-13-28-15-16-4-2-1-3-5-16)22(27)25-20(14-26)21(17-6-7-17)18-8-9-18/h1-5,10-11,14,17-18,20-21H,6-9,12-13,15,23H2,(H,25,27). The van der Waals surface area contributed by atoms with Gasteiger partial charge in [0.05, 0.1) is 25.8 Å². The molecule has 2 saturated carbocycles. The Morgan fingerprint density at radius 3 is 2.46 bits per heavy atom. The molecule has 0 saturated heterocycles. The summed E-state index contributed by atoms with van der Waals surface area (Å²) >= 11 is 0. The topological polar surface area (TPSA) is 93.8 Å². The molecule has 6 heteroatoms. The van der Waals surface area contributed by atoms with Crippen LogP contribution in [0.25, 0.3) is 0 Å². The molecule has 0 radical (unpaired) electrons. The van der Waals surface area contributed by atoms with Crippen molar-refractivity contribution in [3.8, 4) is 0 Å². The number of hydrogen-bond acceptors (Lipinski definition) is 5. The van der Waals surface area contributed by atoms with Crippen molar-refractivity contribution in [1.82, 2.24) is 5.32 Å². The Bertz CT molecular complexity index is 697. The quantitative estimate of drug-likeness (QED) is 0.329. The number of ether oxygens (including phenoxy) is 1. The van der Waals surface area contributed by atoms with E-state index >= 15 is 0 Å². The number of aldehydes is 1. The molecule has 0 aliphatic heterocycles. The molecule has 1 atom stereocenters. The van der Waals surface area contributed by atoms with Crippen molar-refractivity contribution in [3.05, 3.63) is 48.2 Å². The highest BCUT2D eigenvalue weighted by molar-refractivity contribution is 6.43. The lowest BCUT2D eigenvalue weighted by Gasteiger charge is -2.23. The summed E-state index contributed by atoms with van der Waals surface area (Å²) in [4.78, 5) is 28.6. The smallest absolute Gasteiger partial charge is 0.270 e. The van der Waals surface area contributed by atoms with Crippen LogP contribution >= 0.6 is 0 Å². The number of benzene rings is 1. The molecule has 0 heterocycles. The van der Waals surface area contributed by atoms with Crippen LogP contribution in [0.4, 0.5) is 0 Å². The minimum atomic E-state index is -0.446. The van der Waals surface area contributed by atoms with E-state index in [1.807, 2.05) is 30.3 Å². The minimum absolute atomic E-state index is 0.225. The summed E-state index contributed by atoms with van der Waals surface area (Å²) in [5.41, 5.74) is 6.79. The number of rotatable bonds is 12. The zero-order valence-electron chi connectivity index (χ0n) is 16.1. The van der Waals surface area contributed by atoms with Crippen LogP contribution in [0.15, 0.2) is 47.6 Å². The molecule has 0 bridgehead atoms. The molecule has 1 aromatic carbocycles. The molecule has 2 fully saturated rings. The normalized spacial score (nSPS) is 18.4. The average Bonchev–Trinajstić information content (AvgIpc) is 3.62. The first kappa shape index (κ1) is 20.3. The average molecular weight is 383 g/mol. The van der Waals surface area contributed by atoms with Gasteiger partial charge in [-0.2, -0.15) is 0 Å². The highest BCUT2D eigenvalue weighted by Crippen LogP contribution is 2.50. The molecule has 1 amide bonds. The van der Waals surface area contributed by atoms with Gasteiger partial charge in [0.1, 0.15) is 12.0 Å². The monoisotopic (exact) mass is 383 g/mol. The van der Waals surface area contributed by atoms with Crippen LogP contribution < -0.4 is 11.1 Å². The Morgan fingerprint density at radius 2 is 1.89 bits per heavy atom. The van der Waals surface area contributed by atoms with Crippen molar-refractivity contribution >= 4 is 17.9 Å². The zero-order valence-corrected chi connectivity index (χ0v) is 16.1. The summed E-state index contributed by atoms with van der Waals surface area (Å²) < 4.78 is 5.60. The Kier molecular flexibility index (Phi) is 7.37. The maximum Gasteiger partial charge on any atom is 0.270 e. The molecule has 28 heavy (non-hydrogen) atoms. The van der Waals surface area contributed by atoms with Gasteiger partial charge in [0, 0.05) is 0 Å². The molecule has 0 spiro atoms. The van der Waals surface area contributed by atoms with E-state index in [2.05, 4.69) is 10.3 Å². The van der Waals surface area contributed by atoms with Crippen LogP contribution in [0.5, 0.6) is 0 Å². The lowest BCUT2D eigenvalue weighted by atomic mass is 9.90. The Balaban J connectivity index is 1.50. The van der Waals surface area contributed by atoms with E-state index in [1.165, 1.54) is 12.3 Å². The molecule has 3 rings (SSSR count). The second kappa shape index (κ2) is 10.2. The van der Waals surface area contributed by atoms with Crippen molar-refractivity contribution in [2.45, 2.75) is 38.3 Å². The number of hydrogen-bond donors (Lipinski definition) is 2. The third-order valence-electron chi connectivity index (χ3n) is 5.31. The van der Waals surface area contributed by atoms with Crippen LogP contribution in [0.3, 0.4) is 0 Å². The Morgan fingerprint density at radius 1 is 1.21 bits per heavy atom. The van der Waals surface area contributed by atoms with E-state index in [0.29, 0.717) is 31.6 Å². The minimum Gasteiger partial charge on any atom is -0.405 e. The maximum atomic E-state index is 12.6. The van der Waals surface area contributed by atoms with Crippen molar-refractivity contribution in [3.63, 3.8) is 0 Å². The van der Waals surface area contributed by atoms with Crippen molar-refractivity contribution < 1.29 is 14.3 Å². The molecule has 1 unspecified atom stereocenters. The number of nitrogens with zero attached hydrogens (tertiary/aromatic N) is 1. The largest absolute Gasteiger partial charge is 0.405 e. The van der Waals surface area contributed by atoms with Crippen LogP contribution in [0.2, 0.25) is 0 Å².